The average molecular weight is 211 g/mol. The topological polar surface area (TPSA) is 72.4 Å². The second kappa shape index (κ2) is 3.46. The van der Waals surface area contributed by atoms with Crippen molar-refractivity contribution >= 4 is 5.91 Å². The maximum Gasteiger partial charge on any atom is 0.239 e. The van der Waals surface area contributed by atoms with Gasteiger partial charge in [0.1, 0.15) is 0 Å². The monoisotopic (exact) mass is 211 g/mol. The number of rotatable bonds is 3. The lowest BCUT2D eigenvalue weighted by molar-refractivity contribution is -0.133. The van der Waals surface area contributed by atoms with Gasteiger partial charge < -0.3 is 16.4 Å². The number of likely N-dealkylation sites (tertiary alicyclic amines) is 1. The fourth-order valence-electron chi connectivity index (χ4n) is 2.40. The first-order chi connectivity index (χ1) is 6.98. The van der Waals surface area contributed by atoms with Gasteiger partial charge in [0.15, 0.2) is 0 Å². The first-order valence-corrected chi connectivity index (χ1v) is 5.81. The Balaban J connectivity index is 1.92. The quantitative estimate of drug-likeness (QED) is 0.686. The molecule has 4 N–H and O–H groups in total. The molecule has 1 unspecified atom stereocenters. The van der Waals surface area contributed by atoms with Crippen molar-refractivity contribution in [3.63, 3.8) is 0 Å². The number of carbonyl (C=O) groups is 1. The van der Waals surface area contributed by atoms with Gasteiger partial charge in [0, 0.05) is 18.6 Å². The molecule has 1 saturated heterocycles. The van der Waals surface area contributed by atoms with Crippen LogP contribution in [0.2, 0.25) is 0 Å². The molecule has 1 aliphatic heterocycles. The van der Waals surface area contributed by atoms with E-state index in [9.17, 15) is 4.79 Å². The van der Waals surface area contributed by atoms with E-state index >= 15 is 0 Å². The van der Waals surface area contributed by atoms with Gasteiger partial charge in [0.25, 0.3) is 0 Å². The largest absolute Gasteiger partial charge is 0.339 e. The Morgan fingerprint density at radius 3 is 2.80 bits per heavy atom. The average Bonchev–Trinajstić information content (AvgIpc) is 2.74. The molecule has 1 saturated carbocycles. The van der Waals surface area contributed by atoms with Crippen LogP contribution in [0.5, 0.6) is 0 Å². The number of amides is 1. The van der Waals surface area contributed by atoms with E-state index in [0.717, 1.165) is 19.4 Å². The summed E-state index contributed by atoms with van der Waals surface area (Å²) in [7, 11) is 0. The van der Waals surface area contributed by atoms with E-state index in [-0.39, 0.29) is 23.4 Å². The maximum atomic E-state index is 12.0. The first-order valence-electron chi connectivity index (χ1n) is 5.81. The third-order valence-corrected chi connectivity index (χ3v) is 4.06. The molecule has 2 aliphatic rings. The van der Waals surface area contributed by atoms with Crippen LogP contribution >= 0.6 is 0 Å². The summed E-state index contributed by atoms with van der Waals surface area (Å²) in [5.41, 5.74) is 11.9. The van der Waals surface area contributed by atoms with E-state index in [0.29, 0.717) is 12.5 Å². The van der Waals surface area contributed by atoms with Gasteiger partial charge in [-0.3, -0.25) is 4.79 Å². The third-order valence-electron chi connectivity index (χ3n) is 4.06. The number of carbonyl (C=O) groups excluding carboxylic acids is 1. The van der Waals surface area contributed by atoms with Gasteiger partial charge >= 0.3 is 0 Å². The Kier molecular flexibility index (Phi) is 2.51. The molecule has 4 atom stereocenters. The minimum absolute atomic E-state index is 0.0647. The molecule has 4 heteroatoms. The summed E-state index contributed by atoms with van der Waals surface area (Å²) >= 11 is 0. The highest BCUT2D eigenvalue weighted by molar-refractivity contribution is 5.82. The molecule has 0 aromatic rings. The van der Waals surface area contributed by atoms with Crippen molar-refractivity contribution in [2.75, 3.05) is 13.1 Å². The number of hydrogen-bond donors (Lipinski definition) is 2. The van der Waals surface area contributed by atoms with Gasteiger partial charge in [-0.05, 0) is 18.3 Å². The predicted octanol–water partition coefficient (Wildman–Crippen LogP) is -0.0806. The Morgan fingerprint density at radius 1 is 1.67 bits per heavy atom. The SMILES string of the molecule is CCC(C)[C@H](N)C(=O)N1C[C@H]2C[C@@]2(N)C1. The van der Waals surface area contributed by atoms with Crippen molar-refractivity contribution in [2.24, 2.45) is 23.3 Å². The van der Waals surface area contributed by atoms with Gasteiger partial charge in [-0.25, -0.2) is 0 Å². The van der Waals surface area contributed by atoms with E-state index in [1.165, 1.54) is 0 Å². The molecule has 4 nitrogen and oxygen atoms in total. The molecule has 0 aromatic carbocycles. The van der Waals surface area contributed by atoms with Crippen LogP contribution in [0.1, 0.15) is 26.7 Å². The van der Waals surface area contributed by atoms with Gasteiger partial charge in [-0.15, -0.1) is 0 Å². The maximum absolute atomic E-state index is 12.0. The minimum Gasteiger partial charge on any atom is -0.339 e. The van der Waals surface area contributed by atoms with Crippen LogP contribution in [0, 0.1) is 11.8 Å². The molecule has 15 heavy (non-hydrogen) atoms. The van der Waals surface area contributed by atoms with Crippen molar-refractivity contribution in [1.29, 1.82) is 0 Å². The fourth-order valence-corrected chi connectivity index (χ4v) is 2.40. The van der Waals surface area contributed by atoms with E-state index in [2.05, 4.69) is 6.92 Å². The molecule has 2 fully saturated rings. The smallest absolute Gasteiger partial charge is 0.239 e. The van der Waals surface area contributed by atoms with Crippen molar-refractivity contribution < 1.29 is 4.79 Å². The molecule has 1 amide bonds. The van der Waals surface area contributed by atoms with E-state index < -0.39 is 0 Å². The summed E-state index contributed by atoms with van der Waals surface area (Å²) < 4.78 is 0. The standard InChI is InChI=1S/C11H21N3O/c1-3-7(2)9(12)10(15)14-5-8-4-11(8,13)6-14/h7-9H,3-6,12-13H2,1-2H3/t7?,8-,9+,11-/m1/s1. The molecular formula is C11H21N3O. The number of nitrogens with two attached hydrogens (primary N) is 2. The lowest BCUT2D eigenvalue weighted by Crippen LogP contribution is -2.48. The second-order valence-corrected chi connectivity index (χ2v) is 5.26. The lowest BCUT2D eigenvalue weighted by Gasteiger charge is -2.26. The molecule has 0 spiro atoms. The molecule has 0 radical (unpaired) electrons. The molecule has 2 rings (SSSR count). The molecule has 1 heterocycles. The number of fused-ring (bicyclic) bond motifs is 1. The molecule has 1 aliphatic carbocycles. The first kappa shape index (κ1) is 10.9. The van der Waals surface area contributed by atoms with Crippen LogP contribution in [0.4, 0.5) is 0 Å². The van der Waals surface area contributed by atoms with Crippen LogP contribution in [-0.4, -0.2) is 35.5 Å². The Bertz CT molecular complexity index is 281. The van der Waals surface area contributed by atoms with Gasteiger partial charge in [-0.1, -0.05) is 20.3 Å². The third kappa shape index (κ3) is 1.76. The Hall–Kier alpha value is -0.610. The van der Waals surface area contributed by atoms with Crippen LogP contribution in [0.15, 0.2) is 0 Å². The van der Waals surface area contributed by atoms with Crippen LogP contribution < -0.4 is 11.5 Å². The Labute approximate surface area is 91.0 Å². The summed E-state index contributed by atoms with van der Waals surface area (Å²) in [4.78, 5) is 13.9. The number of piperidine rings is 1. The zero-order chi connectivity index (χ0) is 11.2. The molecule has 0 bridgehead atoms. The Morgan fingerprint density at radius 2 is 2.33 bits per heavy atom. The van der Waals surface area contributed by atoms with E-state index in [4.69, 9.17) is 11.5 Å². The lowest BCUT2D eigenvalue weighted by atomic mass is 9.99. The van der Waals surface area contributed by atoms with Crippen molar-refractivity contribution in [3.8, 4) is 0 Å². The fraction of sp³-hybridized carbons (Fsp3) is 0.909. The van der Waals surface area contributed by atoms with Gasteiger partial charge in [0.2, 0.25) is 5.91 Å². The van der Waals surface area contributed by atoms with Gasteiger partial charge in [0.05, 0.1) is 6.04 Å². The van der Waals surface area contributed by atoms with E-state index in [1.807, 2.05) is 11.8 Å². The van der Waals surface area contributed by atoms with Crippen LogP contribution in [0.3, 0.4) is 0 Å². The van der Waals surface area contributed by atoms with Gasteiger partial charge in [-0.2, -0.15) is 0 Å². The van der Waals surface area contributed by atoms with Crippen molar-refractivity contribution in [3.05, 3.63) is 0 Å². The van der Waals surface area contributed by atoms with Crippen LogP contribution in [-0.2, 0) is 4.79 Å². The zero-order valence-corrected chi connectivity index (χ0v) is 9.57. The van der Waals surface area contributed by atoms with Crippen molar-refractivity contribution in [1.82, 2.24) is 4.90 Å². The highest BCUT2D eigenvalue weighted by Gasteiger charge is 2.58. The normalized spacial score (nSPS) is 37.3. The minimum atomic E-state index is -0.351. The summed E-state index contributed by atoms with van der Waals surface area (Å²) in [5, 5.41) is 0. The van der Waals surface area contributed by atoms with E-state index in [1.54, 1.807) is 0 Å². The molecule has 86 valence electrons. The predicted molar refractivity (Wildman–Crippen MR) is 59.0 cm³/mol. The van der Waals surface area contributed by atoms with Crippen LogP contribution in [0.25, 0.3) is 0 Å². The summed E-state index contributed by atoms with van der Waals surface area (Å²) in [6, 6.07) is -0.351. The summed E-state index contributed by atoms with van der Waals surface area (Å²) in [6.45, 7) is 5.61. The highest BCUT2D eigenvalue weighted by Crippen LogP contribution is 2.47. The highest BCUT2D eigenvalue weighted by atomic mass is 16.2. The second-order valence-electron chi connectivity index (χ2n) is 5.26. The number of nitrogens with zero attached hydrogens (tertiary/aromatic N) is 1. The molecule has 0 aromatic heterocycles. The zero-order valence-electron chi connectivity index (χ0n) is 9.57. The number of hydrogen-bond acceptors (Lipinski definition) is 3. The summed E-state index contributed by atoms with van der Waals surface area (Å²) in [5.74, 6) is 0.870. The summed E-state index contributed by atoms with van der Waals surface area (Å²) in [6.07, 6.45) is 2.02. The van der Waals surface area contributed by atoms with Crippen molar-refractivity contribution in [2.45, 2.75) is 38.3 Å². The molecular weight excluding hydrogens is 190 g/mol.